The molecule has 0 heterocycles. The van der Waals surface area contributed by atoms with E-state index < -0.39 is 0 Å². The van der Waals surface area contributed by atoms with Crippen molar-refractivity contribution in [2.24, 2.45) is 11.7 Å². The van der Waals surface area contributed by atoms with Gasteiger partial charge in [-0.2, -0.15) is 5.26 Å². The van der Waals surface area contributed by atoms with Gasteiger partial charge in [0.25, 0.3) is 0 Å². The van der Waals surface area contributed by atoms with E-state index in [9.17, 15) is 4.79 Å². The van der Waals surface area contributed by atoms with Crippen LogP contribution >= 0.6 is 0 Å². The van der Waals surface area contributed by atoms with E-state index in [2.05, 4.69) is 6.07 Å². The summed E-state index contributed by atoms with van der Waals surface area (Å²) in [7, 11) is 0. The van der Waals surface area contributed by atoms with E-state index in [1.54, 1.807) is 4.90 Å². The van der Waals surface area contributed by atoms with Crippen LogP contribution in [-0.2, 0) is 4.79 Å². The quantitative estimate of drug-likeness (QED) is 0.845. The van der Waals surface area contributed by atoms with Gasteiger partial charge in [0.05, 0.1) is 18.4 Å². The molecule has 4 heteroatoms. The molecule has 1 fully saturated rings. The molecular formula is C13H15N3O. The van der Waals surface area contributed by atoms with Crippen molar-refractivity contribution in [3.05, 3.63) is 30.3 Å². The molecule has 0 bridgehead atoms. The zero-order valence-corrected chi connectivity index (χ0v) is 9.54. The topological polar surface area (TPSA) is 70.1 Å². The second kappa shape index (κ2) is 4.98. The van der Waals surface area contributed by atoms with Crippen molar-refractivity contribution in [3.63, 3.8) is 0 Å². The average molecular weight is 229 g/mol. The molecule has 2 rings (SSSR count). The van der Waals surface area contributed by atoms with Gasteiger partial charge in [-0.15, -0.1) is 0 Å². The zero-order valence-electron chi connectivity index (χ0n) is 9.54. The molecule has 1 amide bonds. The predicted molar refractivity (Wildman–Crippen MR) is 65.1 cm³/mol. The Morgan fingerprint density at radius 1 is 1.47 bits per heavy atom. The van der Waals surface area contributed by atoms with Crippen molar-refractivity contribution < 1.29 is 4.79 Å². The molecule has 1 aliphatic carbocycles. The molecule has 2 unspecified atom stereocenters. The lowest BCUT2D eigenvalue weighted by atomic mass is 10.2. The van der Waals surface area contributed by atoms with Crippen LogP contribution in [0.4, 0.5) is 5.69 Å². The molecule has 1 aromatic rings. The third kappa shape index (κ3) is 2.63. The van der Waals surface area contributed by atoms with E-state index in [1.165, 1.54) is 0 Å². The second-order valence-corrected chi connectivity index (χ2v) is 4.24. The molecule has 0 aromatic heterocycles. The summed E-state index contributed by atoms with van der Waals surface area (Å²) in [6, 6.07) is 11.5. The van der Waals surface area contributed by atoms with Crippen LogP contribution in [0.25, 0.3) is 0 Å². The highest BCUT2D eigenvalue weighted by atomic mass is 16.2. The number of amides is 1. The van der Waals surface area contributed by atoms with Gasteiger partial charge in [0, 0.05) is 18.3 Å². The van der Waals surface area contributed by atoms with Gasteiger partial charge >= 0.3 is 0 Å². The van der Waals surface area contributed by atoms with Crippen molar-refractivity contribution in [1.29, 1.82) is 5.26 Å². The highest BCUT2D eigenvalue weighted by Crippen LogP contribution is 2.31. The number of para-hydroxylation sites is 1. The molecule has 0 saturated heterocycles. The number of carbonyl (C=O) groups excluding carboxylic acids is 1. The van der Waals surface area contributed by atoms with Crippen LogP contribution in [0.5, 0.6) is 0 Å². The number of nitrogens with zero attached hydrogens (tertiary/aromatic N) is 2. The third-order valence-corrected chi connectivity index (χ3v) is 2.94. The Morgan fingerprint density at radius 2 is 2.12 bits per heavy atom. The van der Waals surface area contributed by atoms with Crippen LogP contribution in [0.2, 0.25) is 0 Å². The molecule has 2 atom stereocenters. The normalized spacial score (nSPS) is 21.6. The van der Waals surface area contributed by atoms with E-state index in [4.69, 9.17) is 11.0 Å². The monoisotopic (exact) mass is 229 g/mol. The van der Waals surface area contributed by atoms with Crippen LogP contribution < -0.4 is 10.6 Å². The minimum atomic E-state index is -0.0612. The van der Waals surface area contributed by atoms with Crippen molar-refractivity contribution in [2.45, 2.75) is 18.9 Å². The maximum absolute atomic E-state index is 12.2. The van der Waals surface area contributed by atoms with Gasteiger partial charge in [0.1, 0.15) is 0 Å². The summed E-state index contributed by atoms with van der Waals surface area (Å²) >= 11 is 0. The van der Waals surface area contributed by atoms with E-state index in [0.29, 0.717) is 13.0 Å². The molecule has 88 valence electrons. The Bertz CT molecular complexity index is 438. The molecule has 4 nitrogen and oxygen atoms in total. The Balaban J connectivity index is 2.14. The molecule has 17 heavy (non-hydrogen) atoms. The van der Waals surface area contributed by atoms with E-state index in [0.717, 1.165) is 12.1 Å². The van der Waals surface area contributed by atoms with Crippen LogP contribution in [0.1, 0.15) is 12.8 Å². The maximum Gasteiger partial charge on any atom is 0.231 e. The molecule has 0 radical (unpaired) electrons. The zero-order chi connectivity index (χ0) is 12.3. The summed E-state index contributed by atoms with van der Waals surface area (Å²) < 4.78 is 0. The second-order valence-electron chi connectivity index (χ2n) is 4.24. The van der Waals surface area contributed by atoms with Gasteiger partial charge in [0.15, 0.2) is 0 Å². The molecule has 1 aliphatic rings. The van der Waals surface area contributed by atoms with Gasteiger partial charge in [-0.05, 0) is 18.6 Å². The maximum atomic E-state index is 12.2. The molecule has 1 saturated carbocycles. The minimum Gasteiger partial charge on any atom is -0.327 e. The Morgan fingerprint density at radius 3 is 2.65 bits per heavy atom. The van der Waals surface area contributed by atoms with Gasteiger partial charge in [-0.25, -0.2) is 0 Å². The highest BCUT2D eigenvalue weighted by Gasteiger charge is 2.42. The standard InChI is InChI=1S/C13H15N3O/c14-7-4-8-16(10-5-2-1-3-6-10)13(17)11-9-12(11)15/h1-3,5-6,11-12H,4,8-9,15H2. The summed E-state index contributed by atoms with van der Waals surface area (Å²) in [5, 5.41) is 8.64. The first-order valence-electron chi connectivity index (χ1n) is 5.73. The van der Waals surface area contributed by atoms with Crippen molar-refractivity contribution in [1.82, 2.24) is 0 Å². The Hall–Kier alpha value is -1.86. The summed E-state index contributed by atoms with van der Waals surface area (Å²) in [5.74, 6) is -0.0205. The number of carbonyl (C=O) groups is 1. The number of anilines is 1. The number of nitriles is 1. The van der Waals surface area contributed by atoms with Crippen molar-refractivity contribution in [3.8, 4) is 6.07 Å². The van der Waals surface area contributed by atoms with Gasteiger partial charge in [-0.3, -0.25) is 4.79 Å². The van der Waals surface area contributed by atoms with Crippen LogP contribution in [0.15, 0.2) is 30.3 Å². The number of hydrogen-bond acceptors (Lipinski definition) is 3. The van der Waals surface area contributed by atoms with Crippen LogP contribution in [-0.4, -0.2) is 18.5 Å². The van der Waals surface area contributed by atoms with Crippen LogP contribution in [0.3, 0.4) is 0 Å². The van der Waals surface area contributed by atoms with Crippen molar-refractivity contribution >= 4 is 11.6 Å². The number of nitrogens with two attached hydrogens (primary N) is 1. The average Bonchev–Trinajstić information content (AvgIpc) is 3.08. The fourth-order valence-corrected chi connectivity index (χ4v) is 1.84. The van der Waals surface area contributed by atoms with E-state index >= 15 is 0 Å². The smallest absolute Gasteiger partial charge is 0.231 e. The summed E-state index contributed by atoms with van der Waals surface area (Å²) in [6.45, 7) is 0.433. The van der Waals surface area contributed by atoms with Gasteiger partial charge < -0.3 is 10.6 Å². The Labute approximate surface area is 101 Å². The molecule has 0 spiro atoms. The summed E-state index contributed by atoms with van der Waals surface area (Å²) in [4.78, 5) is 13.8. The van der Waals surface area contributed by atoms with Crippen molar-refractivity contribution in [2.75, 3.05) is 11.4 Å². The SMILES string of the molecule is N#CCCN(C(=O)C1CC1N)c1ccccc1. The first-order chi connectivity index (χ1) is 8.24. The number of hydrogen-bond donors (Lipinski definition) is 1. The first-order valence-corrected chi connectivity index (χ1v) is 5.73. The lowest BCUT2D eigenvalue weighted by Crippen LogP contribution is -2.34. The molecular weight excluding hydrogens is 214 g/mol. The van der Waals surface area contributed by atoms with E-state index in [-0.39, 0.29) is 17.9 Å². The largest absolute Gasteiger partial charge is 0.327 e. The van der Waals surface area contributed by atoms with E-state index in [1.807, 2.05) is 30.3 Å². The van der Waals surface area contributed by atoms with Gasteiger partial charge in [0.2, 0.25) is 5.91 Å². The summed E-state index contributed by atoms with van der Waals surface area (Å²) in [5.41, 5.74) is 6.54. The molecule has 2 N–H and O–H groups in total. The molecule has 1 aromatic carbocycles. The fourth-order valence-electron chi connectivity index (χ4n) is 1.84. The third-order valence-electron chi connectivity index (χ3n) is 2.94. The van der Waals surface area contributed by atoms with Gasteiger partial charge in [-0.1, -0.05) is 18.2 Å². The number of rotatable bonds is 4. The fraction of sp³-hybridized carbons (Fsp3) is 0.385. The highest BCUT2D eigenvalue weighted by molar-refractivity contribution is 5.97. The lowest BCUT2D eigenvalue weighted by Gasteiger charge is -2.21. The number of benzene rings is 1. The molecule has 0 aliphatic heterocycles. The first kappa shape index (κ1) is 11.6. The Kier molecular flexibility index (Phi) is 3.40. The summed E-state index contributed by atoms with van der Waals surface area (Å²) in [6.07, 6.45) is 1.09. The minimum absolute atomic E-state index is 0.00389. The van der Waals surface area contributed by atoms with Crippen LogP contribution in [0, 0.1) is 17.2 Å². The lowest BCUT2D eigenvalue weighted by molar-refractivity contribution is -0.119. The predicted octanol–water partition coefficient (Wildman–Crippen LogP) is 1.28.